The van der Waals surface area contributed by atoms with Gasteiger partial charge in [-0.15, -0.1) is 11.3 Å². The number of pyridine rings is 1. The normalized spacial score (nSPS) is 11.0. The zero-order chi connectivity index (χ0) is 19.6. The lowest BCUT2D eigenvalue weighted by Gasteiger charge is -2.10. The lowest BCUT2D eigenvalue weighted by atomic mass is 10.0. The number of nitrogens with zero attached hydrogens (tertiary/aromatic N) is 3. The fraction of sp³-hybridized carbons (Fsp3) is 0.318. The Hall–Kier alpha value is -2.16. The van der Waals surface area contributed by atoms with E-state index in [0.29, 0.717) is 17.2 Å². The van der Waals surface area contributed by atoms with Crippen molar-refractivity contribution in [2.75, 3.05) is 0 Å². The van der Waals surface area contributed by atoms with Crippen molar-refractivity contribution in [2.45, 2.75) is 51.3 Å². The Morgan fingerprint density at radius 1 is 1.07 bits per heavy atom. The van der Waals surface area contributed by atoms with Crippen LogP contribution in [-0.2, 0) is 5.75 Å². The third kappa shape index (κ3) is 4.23. The van der Waals surface area contributed by atoms with Crippen molar-refractivity contribution >= 4 is 23.1 Å². The first kappa shape index (κ1) is 19.6. The minimum Gasteiger partial charge on any atom is -0.245 e. The standard InChI is InChI=1S/C22H23N3S2/c1-13(2)17-6-8-18(9-7-17)21-25-19(11-26-21)12-27-22-20(10-23)15(4)14(3)16(5)24-22/h6-9,11,13H,12H2,1-5H3. The second-order valence-electron chi connectivity index (χ2n) is 6.95. The first-order valence-corrected chi connectivity index (χ1v) is 10.8. The fourth-order valence-corrected chi connectivity index (χ4v) is 4.71. The van der Waals surface area contributed by atoms with Crippen LogP contribution in [0.15, 0.2) is 34.7 Å². The molecule has 5 heteroatoms. The molecule has 0 unspecified atom stereocenters. The molecule has 3 rings (SSSR count). The van der Waals surface area contributed by atoms with E-state index in [1.54, 1.807) is 23.1 Å². The van der Waals surface area contributed by atoms with Crippen molar-refractivity contribution < 1.29 is 0 Å². The number of aryl methyl sites for hydroxylation is 1. The average Bonchev–Trinajstić information content (AvgIpc) is 3.13. The summed E-state index contributed by atoms with van der Waals surface area (Å²) in [6.45, 7) is 10.4. The van der Waals surface area contributed by atoms with Crippen LogP contribution in [0.3, 0.4) is 0 Å². The lowest BCUT2D eigenvalue weighted by molar-refractivity contribution is 0.867. The van der Waals surface area contributed by atoms with Crippen LogP contribution in [0, 0.1) is 32.1 Å². The van der Waals surface area contributed by atoms with E-state index in [9.17, 15) is 5.26 Å². The predicted molar refractivity (Wildman–Crippen MR) is 114 cm³/mol. The lowest BCUT2D eigenvalue weighted by Crippen LogP contribution is -1.99. The molecular formula is C22H23N3S2. The highest BCUT2D eigenvalue weighted by Gasteiger charge is 2.14. The second-order valence-corrected chi connectivity index (χ2v) is 8.77. The molecule has 0 bridgehead atoms. The second kappa shape index (κ2) is 8.24. The van der Waals surface area contributed by atoms with Crippen molar-refractivity contribution in [3.63, 3.8) is 0 Å². The zero-order valence-electron chi connectivity index (χ0n) is 16.3. The highest BCUT2D eigenvalue weighted by Crippen LogP contribution is 2.31. The van der Waals surface area contributed by atoms with E-state index in [1.165, 1.54) is 5.56 Å². The molecule has 138 valence electrons. The molecule has 0 radical (unpaired) electrons. The van der Waals surface area contributed by atoms with Crippen LogP contribution >= 0.6 is 23.1 Å². The van der Waals surface area contributed by atoms with Gasteiger partial charge in [0.05, 0.1) is 11.3 Å². The Labute approximate surface area is 169 Å². The SMILES string of the molecule is Cc1nc(SCc2csc(-c3ccc(C(C)C)cc3)n2)c(C#N)c(C)c1C. The number of hydrogen-bond acceptors (Lipinski definition) is 5. The topological polar surface area (TPSA) is 49.6 Å². The van der Waals surface area contributed by atoms with Crippen molar-refractivity contribution in [3.05, 3.63) is 63.3 Å². The molecule has 0 aliphatic rings. The Morgan fingerprint density at radius 2 is 1.78 bits per heavy atom. The van der Waals surface area contributed by atoms with Gasteiger partial charge < -0.3 is 0 Å². The predicted octanol–water partition coefficient (Wildman–Crippen LogP) is 6.42. The molecule has 1 aromatic carbocycles. The average molecular weight is 394 g/mol. The van der Waals surface area contributed by atoms with Gasteiger partial charge in [0, 0.05) is 22.4 Å². The van der Waals surface area contributed by atoms with E-state index in [-0.39, 0.29) is 0 Å². The number of thioether (sulfide) groups is 1. The van der Waals surface area contributed by atoms with Gasteiger partial charge in [-0.25, -0.2) is 9.97 Å². The van der Waals surface area contributed by atoms with Crippen LogP contribution in [-0.4, -0.2) is 9.97 Å². The first-order valence-electron chi connectivity index (χ1n) is 8.96. The van der Waals surface area contributed by atoms with Crippen molar-refractivity contribution in [2.24, 2.45) is 0 Å². The Morgan fingerprint density at radius 3 is 2.41 bits per heavy atom. The molecule has 0 aliphatic carbocycles. The maximum absolute atomic E-state index is 9.51. The van der Waals surface area contributed by atoms with Crippen LogP contribution in [0.1, 0.15) is 53.4 Å². The van der Waals surface area contributed by atoms with Gasteiger partial charge in [0.1, 0.15) is 16.1 Å². The smallest absolute Gasteiger partial charge is 0.123 e. The minimum absolute atomic E-state index is 0.533. The van der Waals surface area contributed by atoms with Gasteiger partial charge in [-0.2, -0.15) is 5.26 Å². The third-order valence-electron chi connectivity index (χ3n) is 4.81. The summed E-state index contributed by atoms with van der Waals surface area (Å²) in [4.78, 5) is 9.40. The number of thiazole rings is 1. The van der Waals surface area contributed by atoms with Gasteiger partial charge >= 0.3 is 0 Å². The highest BCUT2D eigenvalue weighted by atomic mass is 32.2. The Kier molecular flexibility index (Phi) is 5.98. The highest BCUT2D eigenvalue weighted by molar-refractivity contribution is 7.98. The summed E-state index contributed by atoms with van der Waals surface area (Å²) in [7, 11) is 0. The molecule has 0 atom stereocenters. The number of benzene rings is 1. The van der Waals surface area contributed by atoms with Gasteiger partial charge in [0.25, 0.3) is 0 Å². The summed E-state index contributed by atoms with van der Waals surface area (Å²) in [5, 5.41) is 13.4. The minimum atomic E-state index is 0.533. The van der Waals surface area contributed by atoms with Crippen LogP contribution in [0.5, 0.6) is 0 Å². The van der Waals surface area contributed by atoms with Gasteiger partial charge in [0.2, 0.25) is 0 Å². The maximum Gasteiger partial charge on any atom is 0.123 e. The van der Waals surface area contributed by atoms with E-state index in [4.69, 9.17) is 4.98 Å². The molecule has 0 saturated carbocycles. The van der Waals surface area contributed by atoms with Gasteiger partial charge in [-0.05, 0) is 43.4 Å². The van der Waals surface area contributed by atoms with E-state index >= 15 is 0 Å². The van der Waals surface area contributed by atoms with Crippen molar-refractivity contribution in [1.82, 2.24) is 9.97 Å². The van der Waals surface area contributed by atoms with Gasteiger partial charge in [0.15, 0.2) is 0 Å². The molecule has 0 fully saturated rings. The summed E-state index contributed by atoms with van der Waals surface area (Å²) in [6, 6.07) is 11.0. The molecule has 2 aromatic heterocycles. The molecule has 2 heterocycles. The summed E-state index contributed by atoms with van der Waals surface area (Å²) in [5.41, 5.74) is 7.30. The fourth-order valence-electron chi connectivity index (χ4n) is 2.81. The number of nitriles is 1. The first-order chi connectivity index (χ1) is 12.9. The van der Waals surface area contributed by atoms with Crippen molar-refractivity contribution in [1.29, 1.82) is 5.26 Å². The number of hydrogen-bond donors (Lipinski definition) is 0. The molecule has 0 N–H and O–H groups in total. The summed E-state index contributed by atoms with van der Waals surface area (Å²) >= 11 is 3.25. The van der Waals surface area contributed by atoms with Gasteiger partial charge in [-0.1, -0.05) is 49.9 Å². The molecule has 27 heavy (non-hydrogen) atoms. The van der Waals surface area contributed by atoms with E-state index in [0.717, 1.165) is 38.1 Å². The zero-order valence-corrected chi connectivity index (χ0v) is 18.0. The van der Waals surface area contributed by atoms with Crippen LogP contribution in [0.4, 0.5) is 0 Å². The molecule has 0 aliphatic heterocycles. The number of rotatable bonds is 5. The van der Waals surface area contributed by atoms with Crippen LogP contribution < -0.4 is 0 Å². The maximum atomic E-state index is 9.51. The van der Waals surface area contributed by atoms with E-state index < -0.39 is 0 Å². The quantitative estimate of drug-likeness (QED) is 0.469. The molecular weight excluding hydrogens is 370 g/mol. The molecule has 3 aromatic rings. The van der Waals surface area contributed by atoms with Crippen LogP contribution in [0.25, 0.3) is 10.6 Å². The third-order valence-corrected chi connectivity index (χ3v) is 6.76. The molecule has 0 saturated heterocycles. The van der Waals surface area contributed by atoms with E-state index in [1.807, 2.05) is 20.8 Å². The molecule has 0 spiro atoms. The summed E-state index contributed by atoms with van der Waals surface area (Å²) in [5.74, 6) is 1.25. The summed E-state index contributed by atoms with van der Waals surface area (Å²) < 4.78 is 0. The Balaban J connectivity index is 1.77. The number of aromatic nitrogens is 2. The van der Waals surface area contributed by atoms with Gasteiger partial charge in [-0.3, -0.25) is 0 Å². The van der Waals surface area contributed by atoms with E-state index in [2.05, 4.69) is 54.5 Å². The molecule has 0 amide bonds. The molecule has 3 nitrogen and oxygen atoms in total. The van der Waals surface area contributed by atoms with Crippen LogP contribution in [0.2, 0.25) is 0 Å². The largest absolute Gasteiger partial charge is 0.245 e. The Bertz CT molecular complexity index is 996. The monoisotopic (exact) mass is 393 g/mol. The summed E-state index contributed by atoms with van der Waals surface area (Å²) in [6.07, 6.45) is 0. The van der Waals surface area contributed by atoms with Crippen molar-refractivity contribution in [3.8, 4) is 16.6 Å².